The molecule has 0 N–H and O–H groups in total. The standard InChI is InChI=1S/C48H83N2O/c1-3-5-7-9-11-13-15-17-19-21-23-25-27-29-31-36-40-46-47(50(43-42-49-46)44-48(51)45-38-34-33-35-39-45)41-37-32-30-28-26-24-22-20-18-16-14-12-10-8-6-4-2/h33-35,38-39,42-43H,3-32,36-37,40-41,44H2,1-2H3/q+1. The van der Waals surface area contributed by atoms with Gasteiger partial charge in [-0.1, -0.05) is 237 Å². The lowest BCUT2D eigenvalue weighted by Crippen LogP contribution is -2.43. The summed E-state index contributed by atoms with van der Waals surface area (Å²) in [6.45, 7) is 5.01. The second kappa shape index (κ2) is 33.8. The Morgan fingerprint density at radius 3 is 1.22 bits per heavy atom. The molecule has 3 heteroatoms. The van der Waals surface area contributed by atoms with Crippen molar-refractivity contribution in [3.05, 3.63) is 59.7 Å². The molecule has 51 heavy (non-hydrogen) atoms. The first-order valence-electron chi connectivity index (χ1n) is 22.7. The average molecular weight is 704 g/mol. The van der Waals surface area contributed by atoms with Gasteiger partial charge >= 0.3 is 0 Å². The third kappa shape index (κ3) is 24.8. The maximum atomic E-state index is 13.2. The van der Waals surface area contributed by atoms with Crippen molar-refractivity contribution < 1.29 is 9.36 Å². The van der Waals surface area contributed by atoms with E-state index in [9.17, 15) is 4.79 Å². The Labute approximate surface area is 317 Å². The average Bonchev–Trinajstić information content (AvgIpc) is 3.15. The molecule has 0 radical (unpaired) electrons. The molecule has 0 saturated heterocycles. The van der Waals surface area contributed by atoms with Crippen molar-refractivity contribution in [2.75, 3.05) is 0 Å². The molecule has 0 spiro atoms. The summed E-state index contributed by atoms with van der Waals surface area (Å²) in [5, 5.41) is 0. The predicted octanol–water partition coefficient (Wildman–Crippen LogP) is 14.9. The van der Waals surface area contributed by atoms with E-state index in [0.717, 1.165) is 18.4 Å². The van der Waals surface area contributed by atoms with Gasteiger partial charge in [0.05, 0.1) is 6.20 Å². The first kappa shape index (κ1) is 45.1. The van der Waals surface area contributed by atoms with Gasteiger partial charge in [-0.3, -0.25) is 4.79 Å². The Morgan fingerprint density at radius 2 is 0.824 bits per heavy atom. The minimum absolute atomic E-state index is 0.188. The van der Waals surface area contributed by atoms with Gasteiger partial charge in [0.2, 0.25) is 18.0 Å². The fraction of sp³-hybridized carbons (Fsp3) is 0.771. The molecule has 0 aliphatic heterocycles. The van der Waals surface area contributed by atoms with E-state index < -0.39 is 0 Å². The van der Waals surface area contributed by atoms with Crippen molar-refractivity contribution in [3.63, 3.8) is 0 Å². The monoisotopic (exact) mass is 704 g/mol. The second-order valence-electron chi connectivity index (χ2n) is 15.8. The molecule has 0 fully saturated rings. The van der Waals surface area contributed by atoms with Crippen LogP contribution in [-0.2, 0) is 19.4 Å². The zero-order valence-corrected chi connectivity index (χ0v) is 34.1. The van der Waals surface area contributed by atoms with Crippen LogP contribution in [0.3, 0.4) is 0 Å². The number of rotatable bonds is 37. The highest BCUT2D eigenvalue weighted by atomic mass is 16.1. The number of carbonyl (C=O) groups is 1. The number of aromatic nitrogens is 2. The molecule has 3 nitrogen and oxygen atoms in total. The highest BCUT2D eigenvalue weighted by Gasteiger charge is 2.20. The van der Waals surface area contributed by atoms with Gasteiger partial charge in [-0.05, 0) is 19.3 Å². The lowest BCUT2D eigenvalue weighted by molar-refractivity contribution is -0.691. The van der Waals surface area contributed by atoms with Crippen LogP contribution in [0.5, 0.6) is 0 Å². The molecule has 0 bridgehead atoms. The van der Waals surface area contributed by atoms with Crippen LogP contribution in [0.25, 0.3) is 0 Å². The molecule has 1 heterocycles. The third-order valence-electron chi connectivity index (χ3n) is 11.1. The summed E-state index contributed by atoms with van der Waals surface area (Å²) in [5.74, 6) is 0.188. The van der Waals surface area contributed by atoms with E-state index in [4.69, 9.17) is 4.98 Å². The van der Waals surface area contributed by atoms with Crippen molar-refractivity contribution in [1.29, 1.82) is 0 Å². The van der Waals surface area contributed by atoms with Gasteiger partial charge in [-0.15, -0.1) is 0 Å². The van der Waals surface area contributed by atoms with Crippen LogP contribution in [0.15, 0.2) is 42.7 Å². The van der Waals surface area contributed by atoms with Gasteiger partial charge in [0, 0.05) is 12.0 Å². The molecule has 0 saturated carbocycles. The lowest BCUT2D eigenvalue weighted by Gasteiger charge is -2.09. The number of carbonyl (C=O) groups excluding carboxylic acids is 1. The molecule has 2 aromatic rings. The maximum Gasteiger partial charge on any atom is 0.227 e. The smallest absolute Gasteiger partial charge is 0.227 e. The summed E-state index contributed by atoms with van der Waals surface area (Å²) in [4.78, 5) is 18.1. The Bertz CT molecular complexity index is 1050. The molecule has 290 valence electrons. The molecule has 0 aliphatic carbocycles. The van der Waals surface area contributed by atoms with Crippen molar-refractivity contribution in [1.82, 2.24) is 4.98 Å². The van der Waals surface area contributed by atoms with E-state index in [2.05, 4.69) is 18.4 Å². The largest absolute Gasteiger partial charge is 0.287 e. The zero-order valence-electron chi connectivity index (χ0n) is 34.1. The minimum atomic E-state index is 0.188. The fourth-order valence-corrected chi connectivity index (χ4v) is 7.73. The lowest BCUT2D eigenvalue weighted by atomic mass is 10.0. The van der Waals surface area contributed by atoms with E-state index in [1.165, 1.54) is 217 Å². The summed E-state index contributed by atoms with van der Waals surface area (Å²) >= 11 is 0. The Balaban J connectivity index is 1.64. The molecule has 0 amide bonds. The number of Topliss-reactive ketones (excluding diaryl/α,β-unsaturated/α-hetero) is 1. The molecular weight excluding hydrogens is 621 g/mol. The van der Waals surface area contributed by atoms with Crippen LogP contribution < -0.4 is 4.57 Å². The van der Waals surface area contributed by atoms with Crippen LogP contribution in [0.2, 0.25) is 0 Å². The van der Waals surface area contributed by atoms with E-state index in [1.807, 2.05) is 42.7 Å². The normalized spacial score (nSPS) is 11.4. The van der Waals surface area contributed by atoms with Crippen LogP contribution in [0.1, 0.15) is 241 Å². The summed E-state index contributed by atoms with van der Waals surface area (Å²) in [6, 6.07) is 9.79. The number of ketones is 1. The van der Waals surface area contributed by atoms with Crippen LogP contribution in [0.4, 0.5) is 0 Å². The maximum absolute atomic E-state index is 13.2. The number of benzene rings is 1. The summed E-state index contributed by atoms with van der Waals surface area (Å²) in [5.41, 5.74) is 3.33. The van der Waals surface area contributed by atoms with E-state index >= 15 is 0 Å². The quantitative estimate of drug-likeness (QED) is 0.0399. The van der Waals surface area contributed by atoms with Crippen molar-refractivity contribution in [2.45, 2.75) is 239 Å². The number of hydrogen-bond donors (Lipinski definition) is 0. The second-order valence-corrected chi connectivity index (χ2v) is 15.8. The molecule has 1 aromatic heterocycles. The summed E-state index contributed by atoms with van der Waals surface area (Å²) < 4.78 is 2.22. The van der Waals surface area contributed by atoms with Crippen molar-refractivity contribution >= 4 is 5.78 Å². The van der Waals surface area contributed by atoms with Crippen LogP contribution >= 0.6 is 0 Å². The van der Waals surface area contributed by atoms with E-state index in [1.54, 1.807) is 0 Å². The molecule has 0 unspecified atom stereocenters. The SMILES string of the molecule is CCCCCCCCCCCCCCCCCCc1ncc[n+](CC(=O)c2ccccc2)c1CCCCCCCCCCCCCCCCCC. The minimum Gasteiger partial charge on any atom is -0.287 e. The first-order valence-corrected chi connectivity index (χ1v) is 22.7. The number of hydrogen-bond acceptors (Lipinski definition) is 2. The Hall–Kier alpha value is -2.03. The first-order chi connectivity index (χ1) is 25.3. The zero-order chi connectivity index (χ0) is 36.3. The van der Waals surface area contributed by atoms with Gasteiger partial charge in [0.1, 0.15) is 5.69 Å². The number of aryl methyl sites for hydroxylation is 1. The third-order valence-corrected chi connectivity index (χ3v) is 11.1. The highest BCUT2D eigenvalue weighted by Crippen LogP contribution is 2.17. The molecular formula is C48H83N2O+. The topological polar surface area (TPSA) is 33.8 Å². The van der Waals surface area contributed by atoms with E-state index in [0.29, 0.717) is 6.54 Å². The van der Waals surface area contributed by atoms with Crippen molar-refractivity contribution in [2.24, 2.45) is 0 Å². The molecule has 0 aliphatic rings. The Kier molecular flexibility index (Phi) is 29.9. The van der Waals surface area contributed by atoms with Gasteiger partial charge in [-0.25, -0.2) is 4.98 Å². The highest BCUT2D eigenvalue weighted by molar-refractivity contribution is 5.94. The van der Waals surface area contributed by atoms with Crippen LogP contribution in [-0.4, -0.2) is 10.8 Å². The summed E-state index contributed by atoms with van der Waals surface area (Å²) in [6.07, 6.45) is 50.6. The molecule has 1 aromatic carbocycles. The van der Waals surface area contributed by atoms with Gasteiger partial charge in [0.25, 0.3) is 0 Å². The van der Waals surface area contributed by atoms with Gasteiger partial charge < -0.3 is 0 Å². The van der Waals surface area contributed by atoms with Crippen molar-refractivity contribution in [3.8, 4) is 0 Å². The van der Waals surface area contributed by atoms with Crippen LogP contribution in [0, 0.1) is 0 Å². The number of nitrogens with zero attached hydrogens (tertiary/aromatic N) is 2. The Morgan fingerprint density at radius 1 is 0.471 bits per heavy atom. The predicted molar refractivity (Wildman–Crippen MR) is 222 cm³/mol. The molecule has 2 rings (SSSR count). The summed E-state index contributed by atoms with van der Waals surface area (Å²) in [7, 11) is 0. The fourth-order valence-electron chi connectivity index (χ4n) is 7.73. The number of unbranched alkanes of at least 4 members (excludes halogenated alkanes) is 30. The van der Waals surface area contributed by atoms with Gasteiger partial charge in [-0.2, -0.15) is 4.57 Å². The van der Waals surface area contributed by atoms with Gasteiger partial charge in [0.15, 0.2) is 6.20 Å². The van der Waals surface area contributed by atoms with E-state index in [-0.39, 0.29) is 5.78 Å². The molecule has 0 atom stereocenters.